The Labute approximate surface area is 163 Å². The lowest BCUT2D eigenvalue weighted by Gasteiger charge is -2.08. The number of nitrogens with zero attached hydrogens (tertiary/aromatic N) is 2. The van der Waals surface area contributed by atoms with Gasteiger partial charge in [0.2, 0.25) is 0 Å². The van der Waals surface area contributed by atoms with Gasteiger partial charge in [0.05, 0.1) is 5.57 Å². The molecule has 4 heterocycles. The molecule has 1 aliphatic rings. The van der Waals surface area contributed by atoms with E-state index < -0.39 is 0 Å². The van der Waals surface area contributed by atoms with Gasteiger partial charge in [0.25, 0.3) is 5.91 Å². The van der Waals surface area contributed by atoms with Gasteiger partial charge < -0.3 is 5.32 Å². The molecule has 3 aromatic rings. The van der Waals surface area contributed by atoms with E-state index in [-0.39, 0.29) is 5.91 Å². The van der Waals surface area contributed by atoms with E-state index in [0.29, 0.717) is 11.4 Å². The summed E-state index contributed by atoms with van der Waals surface area (Å²) in [5.41, 5.74) is 4.50. The van der Waals surface area contributed by atoms with E-state index >= 15 is 0 Å². The Morgan fingerprint density at radius 2 is 1.96 bits per heavy atom. The van der Waals surface area contributed by atoms with Gasteiger partial charge >= 0.3 is 0 Å². The lowest BCUT2D eigenvalue weighted by molar-refractivity contribution is -0.110. The molecule has 0 aliphatic carbocycles. The smallest absolute Gasteiger partial charge is 0.257 e. The Morgan fingerprint density at radius 1 is 1.15 bits per heavy atom. The van der Waals surface area contributed by atoms with E-state index in [0.717, 1.165) is 33.7 Å². The van der Waals surface area contributed by atoms with Crippen molar-refractivity contribution in [3.8, 4) is 11.1 Å². The van der Waals surface area contributed by atoms with Crippen molar-refractivity contribution in [3.63, 3.8) is 0 Å². The second-order valence-electron chi connectivity index (χ2n) is 6.67. The number of rotatable bonds is 5. The van der Waals surface area contributed by atoms with Gasteiger partial charge in [-0.05, 0) is 61.7 Å². The van der Waals surface area contributed by atoms with Crippen molar-refractivity contribution in [2.75, 3.05) is 5.32 Å². The third kappa shape index (κ3) is 3.55. The third-order valence-electron chi connectivity index (χ3n) is 4.72. The fraction of sp³-hybridized carbons (Fsp3) is 0.227. The van der Waals surface area contributed by atoms with Crippen LogP contribution >= 0.6 is 11.3 Å². The highest BCUT2D eigenvalue weighted by atomic mass is 32.1. The van der Waals surface area contributed by atoms with Crippen LogP contribution in [0.25, 0.3) is 22.8 Å². The monoisotopic (exact) mass is 375 g/mol. The summed E-state index contributed by atoms with van der Waals surface area (Å²) >= 11 is 1.76. The molecule has 0 atom stereocenters. The zero-order valence-corrected chi connectivity index (χ0v) is 16.3. The van der Waals surface area contributed by atoms with Crippen LogP contribution in [0.1, 0.15) is 40.8 Å². The summed E-state index contributed by atoms with van der Waals surface area (Å²) in [5.74, 6) is 0.552. The highest BCUT2D eigenvalue weighted by molar-refractivity contribution is 7.13. The summed E-state index contributed by atoms with van der Waals surface area (Å²) in [6.45, 7) is 4.16. The van der Waals surface area contributed by atoms with Gasteiger partial charge in [0.15, 0.2) is 0 Å². The molecule has 0 unspecified atom stereocenters. The van der Waals surface area contributed by atoms with Gasteiger partial charge in [-0.25, -0.2) is 4.98 Å². The van der Waals surface area contributed by atoms with Crippen molar-refractivity contribution in [3.05, 3.63) is 63.7 Å². The minimum Gasteiger partial charge on any atom is -0.306 e. The number of nitrogens with one attached hydrogen (secondary N) is 1. The van der Waals surface area contributed by atoms with E-state index in [1.54, 1.807) is 23.7 Å². The average molecular weight is 375 g/mol. The molecule has 0 spiro atoms. The first kappa shape index (κ1) is 17.6. The van der Waals surface area contributed by atoms with Crippen molar-refractivity contribution >= 4 is 34.7 Å². The SMILES string of the molecule is CCCCc1ccc(C=C2C(=O)Nc3nc(C)c(-c4ccncc4)cc32)s1. The lowest BCUT2D eigenvalue weighted by Crippen LogP contribution is -2.04. The molecule has 1 N–H and O–H groups in total. The number of thiophene rings is 1. The molecular weight excluding hydrogens is 354 g/mol. The van der Waals surface area contributed by atoms with Gasteiger partial charge in [0, 0.05) is 39.0 Å². The van der Waals surface area contributed by atoms with Crippen molar-refractivity contribution < 1.29 is 4.79 Å². The Hall–Kier alpha value is -2.79. The number of aryl methyl sites for hydroxylation is 2. The predicted octanol–water partition coefficient (Wildman–Crippen LogP) is 5.35. The highest BCUT2D eigenvalue weighted by Gasteiger charge is 2.27. The van der Waals surface area contributed by atoms with Crippen LogP contribution in [0, 0.1) is 6.92 Å². The van der Waals surface area contributed by atoms with Crippen LogP contribution in [-0.4, -0.2) is 15.9 Å². The molecule has 1 aliphatic heterocycles. The molecule has 136 valence electrons. The maximum Gasteiger partial charge on any atom is 0.257 e. The number of carbonyl (C=O) groups excluding carboxylic acids is 1. The van der Waals surface area contributed by atoms with Gasteiger partial charge in [-0.3, -0.25) is 9.78 Å². The summed E-state index contributed by atoms with van der Waals surface area (Å²) < 4.78 is 0. The first-order valence-electron chi connectivity index (χ1n) is 9.20. The number of fused-ring (bicyclic) bond motifs is 1. The van der Waals surface area contributed by atoms with Crippen LogP contribution in [0.4, 0.5) is 5.82 Å². The summed E-state index contributed by atoms with van der Waals surface area (Å²) in [5, 5.41) is 2.90. The second-order valence-corrected chi connectivity index (χ2v) is 7.87. The Balaban J connectivity index is 1.73. The molecule has 0 radical (unpaired) electrons. The minimum atomic E-state index is -0.0905. The summed E-state index contributed by atoms with van der Waals surface area (Å²) in [4.78, 5) is 23.7. The van der Waals surface area contributed by atoms with Crippen LogP contribution in [0.15, 0.2) is 42.7 Å². The number of carbonyl (C=O) groups is 1. The first-order valence-corrected chi connectivity index (χ1v) is 10.0. The van der Waals surface area contributed by atoms with Crippen LogP contribution in [0.5, 0.6) is 0 Å². The number of hydrogen-bond acceptors (Lipinski definition) is 4. The Morgan fingerprint density at radius 3 is 2.74 bits per heavy atom. The summed E-state index contributed by atoms with van der Waals surface area (Å²) in [6, 6.07) is 10.2. The molecule has 0 saturated heterocycles. The number of amides is 1. The number of pyridine rings is 2. The fourth-order valence-corrected chi connectivity index (χ4v) is 4.27. The molecule has 0 aromatic carbocycles. The van der Waals surface area contributed by atoms with E-state index in [9.17, 15) is 4.79 Å². The van der Waals surface area contributed by atoms with Crippen molar-refractivity contribution in [1.82, 2.24) is 9.97 Å². The van der Waals surface area contributed by atoms with Gasteiger partial charge in [-0.2, -0.15) is 0 Å². The predicted molar refractivity (Wildman–Crippen MR) is 112 cm³/mol. The summed E-state index contributed by atoms with van der Waals surface area (Å²) in [7, 11) is 0. The molecule has 4 nitrogen and oxygen atoms in total. The van der Waals surface area contributed by atoms with Gasteiger partial charge in [-0.15, -0.1) is 11.3 Å². The Bertz CT molecular complexity index is 1020. The Kier molecular flexibility index (Phi) is 4.86. The van der Waals surface area contributed by atoms with Crippen LogP contribution in [0.2, 0.25) is 0 Å². The third-order valence-corrected chi connectivity index (χ3v) is 5.81. The molecular formula is C22H21N3OS. The molecule has 1 amide bonds. The maximum atomic E-state index is 12.5. The molecule has 3 aromatic heterocycles. The molecule has 0 bridgehead atoms. The maximum absolute atomic E-state index is 12.5. The highest BCUT2D eigenvalue weighted by Crippen LogP contribution is 2.37. The molecule has 0 saturated carbocycles. The quantitative estimate of drug-likeness (QED) is 0.612. The summed E-state index contributed by atoms with van der Waals surface area (Å²) in [6.07, 6.45) is 9.00. The molecule has 27 heavy (non-hydrogen) atoms. The van der Waals surface area contributed by atoms with Crippen molar-refractivity contribution in [2.24, 2.45) is 0 Å². The van der Waals surface area contributed by atoms with E-state index in [4.69, 9.17) is 0 Å². The molecule has 4 rings (SSSR count). The second kappa shape index (κ2) is 7.45. The van der Waals surface area contributed by atoms with Gasteiger partial charge in [0.1, 0.15) is 5.82 Å². The first-order chi connectivity index (χ1) is 13.2. The number of unbranched alkanes of at least 4 members (excludes halogenated alkanes) is 1. The van der Waals surface area contributed by atoms with Crippen LogP contribution in [-0.2, 0) is 11.2 Å². The number of aromatic nitrogens is 2. The topological polar surface area (TPSA) is 54.9 Å². The standard InChI is InChI=1S/C22H21N3OS/c1-3-4-5-16-6-7-17(27-16)12-20-19-13-18(15-8-10-23-11-9-15)14(2)24-21(19)25-22(20)26/h6-13H,3-5H2,1-2H3,(H,24,25,26). The van der Waals surface area contributed by atoms with Crippen LogP contribution < -0.4 is 5.32 Å². The minimum absolute atomic E-state index is 0.0905. The number of anilines is 1. The normalized spacial score (nSPS) is 14.4. The van der Waals surface area contributed by atoms with E-state index in [2.05, 4.69) is 40.4 Å². The van der Waals surface area contributed by atoms with Crippen molar-refractivity contribution in [2.45, 2.75) is 33.1 Å². The van der Waals surface area contributed by atoms with Crippen molar-refractivity contribution in [1.29, 1.82) is 0 Å². The van der Waals surface area contributed by atoms with E-state index in [1.807, 2.05) is 25.1 Å². The zero-order chi connectivity index (χ0) is 18.8. The van der Waals surface area contributed by atoms with Crippen LogP contribution in [0.3, 0.4) is 0 Å². The molecule has 0 fully saturated rings. The van der Waals surface area contributed by atoms with Gasteiger partial charge in [-0.1, -0.05) is 13.3 Å². The lowest BCUT2D eigenvalue weighted by atomic mass is 10.0. The molecule has 5 heteroatoms. The largest absolute Gasteiger partial charge is 0.306 e. The average Bonchev–Trinajstić information content (AvgIpc) is 3.24. The fourth-order valence-electron chi connectivity index (χ4n) is 3.27. The zero-order valence-electron chi connectivity index (χ0n) is 15.5. The number of hydrogen-bond donors (Lipinski definition) is 1. The van der Waals surface area contributed by atoms with E-state index in [1.165, 1.54) is 17.7 Å².